The fourth-order valence-electron chi connectivity index (χ4n) is 3.95. The summed E-state index contributed by atoms with van der Waals surface area (Å²) in [5.41, 5.74) is 1.79. The summed E-state index contributed by atoms with van der Waals surface area (Å²) in [5, 5.41) is 9.65. The summed E-state index contributed by atoms with van der Waals surface area (Å²) in [4.78, 5) is 26.8. The SMILES string of the molecule is CCC[C@H]1C[C@@H](C(=O)O)N(C(=O)C(c2ccccc2)c2ccccc2)C1. The molecule has 0 radical (unpaired) electrons. The Kier molecular flexibility index (Phi) is 5.71. The third-order valence-corrected chi connectivity index (χ3v) is 5.17. The molecule has 26 heavy (non-hydrogen) atoms. The standard InChI is InChI=1S/C22H25NO3/c1-2-9-16-14-19(22(25)26)23(15-16)21(24)20(17-10-5-3-6-11-17)18-12-7-4-8-13-18/h3-8,10-13,16,19-20H,2,9,14-15H2,1H3,(H,25,26)/t16-,19-/m0/s1. The van der Waals surface area contributed by atoms with Crippen molar-refractivity contribution in [2.24, 2.45) is 5.92 Å². The van der Waals surface area contributed by atoms with E-state index >= 15 is 0 Å². The summed E-state index contributed by atoms with van der Waals surface area (Å²) in [6.07, 6.45) is 2.50. The van der Waals surface area contributed by atoms with Gasteiger partial charge < -0.3 is 10.0 Å². The van der Waals surface area contributed by atoms with Gasteiger partial charge in [-0.05, 0) is 29.9 Å². The maximum absolute atomic E-state index is 13.5. The van der Waals surface area contributed by atoms with E-state index in [1.165, 1.54) is 0 Å². The van der Waals surface area contributed by atoms with Crippen molar-refractivity contribution in [3.05, 3.63) is 71.8 Å². The van der Waals surface area contributed by atoms with Crippen LogP contribution in [0.3, 0.4) is 0 Å². The third-order valence-electron chi connectivity index (χ3n) is 5.17. The number of aliphatic carboxylic acids is 1. The highest BCUT2D eigenvalue weighted by molar-refractivity contribution is 5.91. The Morgan fingerprint density at radius 1 is 1.04 bits per heavy atom. The van der Waals surface area contributed by atoms with Crippen LogP contribution < -0.4 is 0 Å². The van der Waals surface area contributed by atoms with E-state index < -0.39 is 17.9 Å². The third kappa shape index (κ3) is 3.79. The van der Waals surface area contributed by atoms with E-state index in [2.05, 4.69) is 6.92 Å². The molecule has 1 aliphatic rings. The molecule has 2 atom stereocenters. The zero-order chi connectivity index (χ0) is 18.5. The van der Waals surface area contributed by atoms with E-state index in [-0.39, 0.29) is 11.8 Å². The number of carboxylic acid groups (broad SMARTS) is 1. The first-order valence-electron chi connectivity index (χ1n) is 9.25. The fourth-order valence-corrected chi connectivity index (χ4v) is 3.95. The minimum atomic E-state index is -0.906. The van der Waals surface area contributed by atoms with E-state index in [1.54, 1.807) is 4.90 Å². The lowest BCUT2D eigenvalue weighted by Crippen LogP contribution is -2.43. The van der Waals surface area contributed by atoms with Crippen molar-refractivity contribution in [3.63, 3.8) is 0 Å². The quantitative estimate of drug-likeness (QED) is 0.858. The van der Waals surface area contributed by atoms with Crippen LogP contribution in [-0.4, -0.2) is 34.5 Å². The highest BCUT2D eigenvalue weighted by Crippen LogP contribution is 2.33. The highest BCUT2D eigenvalue weighted by atomic mass is 16.4. The van der Waals surface area contributed by atoms with Gasteiger partial charge in [-0.25, -0.2) is 4.79 Å². The molecule has 1 saturated heterocycles. The number of hydrogen-bond donors (Lipinski definition) is 1. The Morgan fingerprint density at radius 3 is 2.04 bits per heavy atom. The zero-order valence-electron chi connectivity index (χ0n) is 15.0. The number of amides is 1. The van der Waals surface area contributed by atoms with E-state index in [9.17, 15) is 14.7 Å². The van der Waals surface area contributed by atoms with Gasteiger partial charge in [-0.2, -0.15) is 0 Å². The average Bonchev–Trinajstić information content (AvgIpc) is 3.08. The fraction of sp³-hybridized carbons (Fsp3) is 0.364. The highest BCUT2D eigenvalue weighted by Gasteiger charge is 2.41. The minimum Gasteiger partial charge on any atom is -0.480 e. The molecule has 2 aromatic carbocycles. The average molecular weight is 351 g/mol. The van der Waals surface area contributed by atoms with Crippen LogP contribution in [0.25, 0.3) is 0 Å². The van der Waals surface area contributed by atoms with Crippen LogP contribution in [0.1, 0.15) is 43.2 Å². The van der Waals surface area contributed by atoms with Gasteiger partial charge in [-0.15, -0.1) is 0 Å². The molecule has 0 aliphatic carbocycles. The molecule has 0 spiro atoms. The van der Waals surface area contributed by atoms with Gasteiger partial charge in [-0.1, -0.05) is 74.0 Å². The summed E-state index contributed by atoms with van der Waals surface area (Å²) in [7, 11) is 0. The van der Waals surface area contributed by atoms with Crippen LogP contribution in [0.5, 0.6) is 0 Å². The van der Waals surface area contributed by atoms with Crippen LogP contribution in [0.4, 0.5) is 0 Å². The summed E-state index contributed by atoms with van der Waals surface area (Å²) < 4.78 is 0. The maximum atomic E-state index is 13.5. The van der Waals surface area contributed by atoms with E-state index in [1.807, 2.05) is 60.7 Å². The Morgan fingerprint density at radius 2 is 1.58 bits per heavy atom. The molecule has 4 heteroatoms. The summed E-state index contributed by atoms with van der Waals surface area (Å²) in [6.45, 7) is 2.62. The van der Waals surface area contributed by atoms with Crippen molar-refractivity contribution < 1.29 is 14.7 Å². The van der Waals surface area contributed by atoms with Crippen molar-refractivity contribution in [3.8, 4) is 0 Å². The van der Waals surface area contributed by atoms with Gasteiger partial charge in [0.2, 0.25) is 5.91 Å². The van der Waals surface area contributed by atoms with E-state index in [4.69, 9.17) is 0 Å². The smallest absolute Gasteiger partial charge is 0.326 e. The van der Waals surface area contributed by atoms with Gasteiger partial charge >= 0.3 is 5.97 Å². The topological polar surface area (TPSA) is 57.6 Å². The minimum absolute atomic E-state index is 0.117. The summed E-state index contributed by atoms with van der Waals surface area (Å²) in [5.74, 6) is -1.23. The Bertz CT molecular complexity index is 705. The number of hydrogen-bond acceptors (Lipinski definition) is 2. The van der Waals surface area contributed by atoms with Crippen LogP contribution in [0, 0.1) is 5.92 Å². The molecule has 136 valence electrons. The second-order valence-electron chi connectivity index (χ2n) is 6.99. The van der Waals surface area contributed by atoms with Crippen molar-refractivity contribution >= 4 is 11.9 Å². The predicted octanol–water partition coefficient (Wildman–Crippen LogP) is 3.92. The van der Waals surface area contributed by atoms with Crippen LogP contribution in [-0.2, 0) is 9.59 Å². The van der Waals surface area contributed by atoms with Crippen LogP contribution in [0.2, 0.25) is 0 Å². The Balaban J connectivity index is 1.96. The van der Waals surface area contributed by atoms with Gasteiger partial charge in [0.15, 0.2) is 0 Å². The number of carbonyl (C=O) groups excluding carboxylic acids is 1. The van der Waals surface area contributed by atoms with Crippen molar-refractivity contribution in [2.75, 3.05) is 6.54 Å². The monoisotopic (exact) mass is 351 g/mol. The molecule has 0 bridgehead atoms. The maximum Gasteiger partial charge on any atom is 0.326 e. The number of likely N-dealkylation sites (tertiary alicyclic amines) is 1. The van der Waals surface area contributed by atoms with Gasteiger partial charge in [0.1, 0.15) is 6.04 Å². The van der Waals surface area contributed by atoms with Gasteiger partial charge in [0.25, 0.3) is 0 Å². The molecule has 4 nitrogen and oxygen atoms in total. The number of benzene rings is 2. The normalized spacial score (nSPS) is 19.7. The molecule has 2 aromatic rings. The molecule has 3 rings (SSSR count). The van der Waals surface area contributed by atoms with Crippen molar-refractivity contribution in [1.82, 2.24) is 4.90 Å². The first kappa shape index (κ1) is 18.2. The molecule has 0 saturated carbocycles. The first-order chi connectivity index (χ1) is 12.6. The molecular formula is C22H25NO3. The summed E-state index contributed by atoms with van der Waals surface area (Å²) >= 11 is 0. The molecule has 0 unspecified atom stereocenters. The molecule has 0 aromatic heterocycles. The zero-order valence-corrected chi connectivity index (χ0v) is 15.0. The van der Waals surface area contributed by atoms with Gasteiger partial charge in [0.05, 0.1) is 5.92 Å². The molecular weight excluding hydrogens is 326 g/mol. The van der Waals surface area contributed by atoms with E-state index in [0.717, 1.165) is 24.0 Å². The molecule has 1 N–H and O–H groups in total. The number of carboxylic acids is 1. The number of carbonyl (C=O) groups is 2. The van der Waals surface area contributed by atoms with Gasteiger partial charge in [-0.3, -0.25) is 4.79 Å². The lowest BCUT2D eigenvalue weighted by molar-refractivity contribution is -0.148. The van der Waals surface area contributed by atoms with Crippen molar-refractivity contribution in [2.45, 2.75) is 38.1 Å². The Labute approximate surface area is 154 Å². The lowest BCUT2D eigenvalue weighted by atomic mass is 9.90. The first-order valence-corrected chi connectivity index (χ1v) is 9.25. The molecule has 1 fully saturated rings. The summed E-state index contributed by atoms with van der Waals surface area (Å²) in [6, 6.07) is 18.5. The Hall–Kier alpha value is -2.62. The molecule has 1 amide bonds. The second-order valence-corrected chi connectivity index (χ2v) is 6.99. The van der Waals surface area contributed by atoms with Gasteiger partial charge in [0, 0.05) is 6.54 Å². The van der Waals surface area contributed by atoms with Crippen LogP contribution in [0.15, 0.2) is 60.7 Å². The number of nitrogens with zero attached hydrogens (tertiary/aromatic N) is 1. The van der Waals surface area contributed by atoms with Crippen LogP contribution >= 0.6 is 0 Å². The molecule has 1 heterocycles. The van der Waals surface area contributed by atoms with Crippen molar-refractivity contribution in [1.29, 1.82) is 0 Å². The molecule has 1 aliphatic heterocycles. The predicted molar refractivity (Wildman–Crippen MR) is 101 cm³/mol. The number of rotatable bonds is 6. The van der Waals surface area contributed by atoms with E-state index in [0.29, 0.717) is 13.0 Å². The lowest BCUT2D eigenvalue weighted by Gasteiger charge is -2.27. The second kappa shape index (κ2) is 8.17. The largest absolute Gasteiger partial charge is 0.480 e.